The summed E-state index contributed by atoms with van der Waals surface area (Å²) in [6.07, 6.45) is -5.24. The summed E-state index contributed by atoms with van der Waals surface area (Å²) >= 11 is 0. The van der Waals surface area contributed by atoms with Gasteiger partial charge in [0.25, 0.3) is 0 Å². The van der Waals surface area contributed by atoms with Crippen LogP contribution in [0.1, 0.15) is 24.9 Å². The molecule has 0 amide bonds. The van der Waals surface area contributed by atoms with Crippen molar-refractivity contribution in [1.82, 2.24) is 5.32 Å². The van der Waals surface area contributed by atoms with Crippen LogP contribution in [0.5, 0.6) is 11.5 Å². The molecule has 1 N–H and O–H groups in total. The molecule has 1 atom stereocenters. The molecule has 0 bridgehead atoms. The van der Waals surface area contributed by atoms with Gasteiger partial charge in [-0.1, -0.05) is 13.0 Å². The molecule has 0 aliphatic rings. The lowest BCUT2D eigenvalue weighted by Gasteiger charge is -2.23. The molecule has 1 aromatic rings. The number of rotatable bonds is 6. The molecule has 19 heavy (non-hydrogen) atoms. The Labute approximate surface area is 110 Å². The van der Waals surface area contributed by atoms with E-state index in [-0.39, 0.29) is 0 Å². The Hall–Kier alpha value is -1.43. The molecule has 0 aromatic heterocycles. The first kappa shape index (κ1) is 15.6. The predicted molar refractivity (Wildman–Crippen MR) is 66.6 cm³/mol. The third-order valence-electron chi connectivity index (χ3n) is 2.70. The highest BCUT2D eigenvalue weighted by Gasteiger charge is 2.34. The lowest BCUT2D eigenvalue weighted by atomic mass is 10.0. The van der Waals surface area contributed by atoms with Crippen LogP contribution < -0.4 is 14.8 Å². The van der Waals surface area contributed by atoms with Crippen LogP contribution in [-0.2, 0) is 0 Å². The summed E-state index contributed by atoms with van der Waals surface area (Å²) in [5, 5.41) is 2.82. The van der Waals surface area contributed by atoms with Gasteiger partial charge in [-0.2, -0.15) is 13.2 Å². The van der Waals surface area contributed by atoms with Gasteiger partial charge in [0.1, 0.15) is 11.5 Å². The zero-order valence-corrected chi connectivity index (χ0v) is 11.2. The molecule has 0 saturated heterocycles. The molecule has 6 heteroatoms. The van der Waals surface area contributed by atoms with E-state index >= 15 is 0 Å². The Kier molecular flexibility index (Phi) is 5.47. The van der Waals surface area contributed by atoms with Gasteiger partial charge in [-0.05, 0) is 18.7 Å². The zero-order chi connectivity index (χ0) is 14.5. The van der Waals surface area contributed by atoms with Gasteiger partial charge in [0.15, 0.2) is 0 Å². The van der Waals surface area contributed by atoms with E-state index in [9.17, 15) is 13.2 Å². The minimum atomic E-state index is -4.27. The molecule has 0 aliphatic carbocycles. The normalized spacial score (nSPS) is 13.2. The smallest absolute Gasteiger partial charge is 0.390 e. The van der Waals surface area contributed by atoms with Gasteiger partial charge < -0.3 is 14.8 Å². The van der Waals surface area contributed by atoms with Gasteiger partial charge >= 0.3 is 6.18 Å². The van der Waals surface area contributed by atoms with E-state index in [1.807, 2.05) is 0 Å². The highest BCUT2D eigenvalue weighted by Crippen LogP contribution is 2.39. The van der Waals surface area contributed by atoms with Gasteiger partial charge in [-0.3, -0.25) is 0 Å². The molecule has 1 aromatic carbocycles. The second-order valence-corrected chi connectivity index (χ2v) is 4.01. The third-order valence-corrected chi connectivity index (χ3v) is 2.70. The molecular formula is C13H18F3NO2. The fourth-order valence-electron chi connectivity index (χ4n) is 1.98. The van der Waals surface area contributed by atoms with Crippen LogP contribution >= 0.6 is 0 Å². The molecule has 0 spiro atoms. The van der Waals surface area contributed by atoms with E-state index in [2.05, 4.69) is 5.32 Å². The number of ether oxygens (including phenoxy) is 2. The van der Waals surface area contributed by atoms with E-state index in [4.69, 9.17) is 9.47 Å². The summed E-state index contributed by atoms with van der Waals surface area (Å²) in [6, 6.07) is 4.03. The standard InChI is InChI=1S/C13H18F3NO2/c1-4-17-9(8-13(14,15)16)12-10(18-2)6-5-7-11(12)19-3/h5-7,9,17H,4,8H2,1-3H3. The van der Waals surface area contributed by atoms with Gasteiger partial charge in [-0.25, -0.2) is 0 Å². The van der Waals surface area contributed by atoms with Crippen molar-refractivity contribution in [3.63, 3.8) is 0 Å². The first-order valence-electron chi connectivity index (χ1n) is 5.94. The first-order valence-corrected chi connectivity index (χ1v) is 5.94. The van der Waals surface area contributed by atoms with Gasteiger partial charge in [0, 0.05) is 6.04 Å². The second-order valence-electron chi connectivity index (χ2n) is 4.01. The van der Waals surface area contributed by atoms with Crippen LogP contribution in [0.4, 0.5) is 13.2 Å². The fraction of sp³-hybridized carbons (Fsp3) is 0.538. The summed E-state index contributed by atoms with van der Waals surface area (Å²) in [4.78, 5) is 0. The van der Waals surface area contributed by atoms with Crippen LogP contribution in [0.15, 0.2) is 18.2 Å². The molecule has 0 fully saturated rings. The lowest BCUT2D eigenvalue weighted by molar-refractivity contribution is -0.140. The number of alkyl halides is 3. The van der Waals surface area contributed by atoms with Crippen molar-refractivity contribution in [3.8, 4) is 11.5 Å². The number of benzene rings is 1. The number of hydrogen-bond acceptors (Lipinski definition) is 3. The molecule has 0 radical (unpaired) electrons. The number of hydrogen-bond donors (Lipinski definition) is 1. The Balaban J connectivity index is 3.20. The summed E-state index contributed by atoms with van der Waals surface area (Å²) in [7, 11) is 2.85. The largest absolute Gasteiger partial charge is 0.496 e. The van der Waals surface area contributed by atoms with E-state index < -0.39 is 18.6 Å². The molecule has 1 rings (SSSR count). The van der Waals surface area contributed by atoms with Crippen molar-refractivity contribution in [2.75, 3.05) is 20.8 Å². The van der Waals surface area contributed by atoms with E-state index in [0.29, 0.717) is 23.6 Å². The molecule has 0 heterocycles. The van der Waals surface area contributed by atoms with Crippen molar-refractivity contribution in [1.29, 1.82) is 0 Å². The Morgan fingerprint density at radius 1 is 1.16 bits per heavy atom. The first-order chi connectivity index (χ1) is 8.92. The third kappa shape index (κ3) is 4.31. The predicted octanol–water partition coefficient (Wildman–Crippen LogP) is 3.31. The SMILES string of the molecule is CCNC(CC(F)(F)F)c1c(OC)cccc1OC. The Morgan fingerprint density at radius 2 is 1.68 bits per heavy atom. The van der Waals surface area contributed by atoms with Crippen LogP contribution in [0.2, 0.25) is 0 Å². The van der Waals surface area contributed by atoms with Crippen molar-refractivity contribution in [2.24, 2.45) is 0 Å². The highest BCUT2D eigenvalue weighted by atomic mass is 19.4. The fourth-order valence-corrected chi connectivity index (χ4v) is 1.98. The highest BCUT2D eigenvalue weighted by molar-refractivity contribution is 5.47. The van der Waals surface area contributed by atoms with Crippen LogP contribution in [0, 0.1) is 0 Å². The van der Waals surface area contributed by atoms with Gasteiger partial charge in [-0.15, -0.1) is 0 Å². The van der Waals surface area contributed by atoms with E-state index in [1.165, 1.54) is 14.2 Å². The maximum atomic E-state index is 12.7. The summed E-state index contributed by atoms with van der Waals surface area (Å²) < 4.78 is 48.3. The molecule has 1 unspecified atom stereocenters. The van der Waals surface area contributed by atoms with Crippen molar-refractivity contribution >= 4 is 0 Å². The summed E-state index contributed by atoms with van der Waals surface area (Å²) in [6.45, 7) is 2.17. The quantitative estimate of drug-likeness (QED) is 0.865. The lowest BCUT2D eigenvalue weighted by Crippen LogP contribution is -2.27. The second kappa shape index (κ2) is 6.65. The van der Waals surface area contributed by atoms with Crippen LogP contribution in [0.25, 0.3) is 0 Å². The molecule has 0 aliphatic heterocycles. The molecule has 3 nitrogen and oxygen atoms in total. The summed E-state index contributed by atoms with van der Waals surface area (Å²) in [5.74, 6) is 0.768. The average molecular weight is 277 g/mol. The number of halogens is 3. The van der Waals surface area contributed by atoms with Crippen LogP contribution in [0.3, 0.4) is 0 Å². The molecular weight excluding hydrogens is 259 g/mol. The maximum Gasteiger partial charge on any atom is 0.390 e. The van der Waals surface area contributed by atoms with Gasteiger partial charge in [0.2, 0.25) is 0 Å². The molecule has 108 valence electrons. The van der Waals surface area contributed by atoms with Crippen molar-refractivity contribution in [3.05, 3.63) is 23.8 Å². The van der Waals surface area contributed by atoms with E-state index in [1.54, 1.807) is 25.1 Å². The number of nitrogens with one attached hydrogen (secondary N) is 1. The monoisotopic (exact) mass is 277 g/mol. The number of methoxy groups -OCH3 is 2. The zero-order valence-electron chi connectivity index (χ0n) is 11.2. The van der Waals surface area contributed by atoms with Crippen molar-refractivity contribution in [2.45, 2.75) is 25.6 Å². The Morgan fingerprint density at radius 3 is 2.05 bits per heavy atom. The minimum absolute atomic E-state index is 0.384. The topological polar surface area (TPSA) is 30.5 Å². The van der Waals surface area contributed by atoms with Crippen LogP contribution in [-0.4, -0.2) is 26.9 Å². The van der Waals surface area contributed by atoms with Crippen molar-refractivity contribution < 1.29 is 22.6 Å². The van der Waals surface area contributed by atoms with Gasteiger partial charge in [0.05, 0.1) is 26.2 Å². The van der Waals surface area contributed by atoms with E-state index in [0.717, 1.165) is 0 Å². The maximum absolute atomic E-state index is 12.7. The molecule has 0 saturated carbocycles. The minimum Gasteiger partial charge on any atom is -0.496 e. The Bertz CT molecular complexity index is 385. The summed E-state index contributed by atoms with van der Waals surface area (Å²) in [5.41, 5.74) is 0.395. The average Bonchev–Trinajstić information content (AvgIpc) is 2.35.